The molecule has 0 atom stereocenters. The lowest BCUT2D eigenvalue weighted by Gasteiger charge is -2.08. The third-order valence-corrected chi connectivity index (χ3v) is 5.47. The van der Waals surface area contributed by atoms with E-state index in [0.717, 1.165) is 33.0 Å². The Bertz CT molecular complexity index is 1140. The van der Waals surface area contributed by atoms with Gasteiger partial charge in [-0.3, -0.25) is 4.79 Å². The molecule has 0 aliphatic rings. The summed E-state index contributed by atoms with van der Waals surface area (Å²) in [6.07, 6.45) is 3.25. The molecular weight excluding hydrogens is 370 g/mol. The summed E-state index contributed by atoms with van der Waals surface area (Å²) < 4.78 is 1.77. The van der Waals surface area contributed by atoms with Crippen LogP contribution < -0.4 is 5.32 Å². The molecule has 2 aromatic carbocycles. The largest absolute Gasteiger partial charge is 0.325 e. The highest BCUT2D eigenvalue weighted by atomic mass is 32.2. The SMILES string of the molecule is Cc1ccc(NC(=O)CSc2ncnc3c2cnn3-c2ccccc2)cc1C. The van der Waals surface area contributed by atoms with E-state index in [9.17, 15) is 4.79 Å². The number of para-hydroxylation sites is 1. The maximum atomic E-state index is 12.3. The van der Waals surface area contributed by atoms with E-state index in [-0.39, 0.29) is 11.7 Å². The standard InChI is InChI=1S/C21H19N5OS/c1-14-8-9-16(10-15(14)2)25-19(27)12-28-21-18-11-24-26(20(18)22-13-23-21)17-6-4-3-5-7-17/h3-11,13H,12H2,1-2H3,(H,25,27). The fourth-order valence-corrected chi connectivity index (χ4v) is 3.61. The summed E-state index contributed by atoms with van der Waals surface area (Å²) >= 11 is 1.38. The Hall–Kier alpha value is -3.19. The number of anilines is 1. The second-order valence-corrected chi connectivity index (χ2v) is 7.41. The van der Waals surface area contributed by atoms with E-state index in [4.69, 9.17) is 0 Å². The molecule has 2 aromatic heterocycles. The number of nitrogens with zero attached hydrogens (tertiary/aromatic N) is 4. The molecule has 4 rings (SSSR count). The van der Waals surface area contributed by atoms with Crippen LogP contribution >= 0.6 is 11.8 Å². The van der Waals surface area contributed by atoms with Crippen molar-refractivity contribution in [3.05, 3.63) is 72.2 Å². The number of aromatic nitrogens is 4. The second kappa shape index (κ2) is 7.82. The van der Waals surface area contributed by atoms with Crippen LogP contribution in [0, 0.1) is 13.8 Å². The first-order valence-electron chi connectivity index (χ1n) is 8.86. The number of hydrogen-bond acceptors (Lipinski definition) is 5. The monoisotopic (exact) mass is 389 g/mol. The molecule has 0 aliphatic carbocycles. The Morgan fingerprint density at radius 1 is 1.07 bits per heavy atom. The molecule has 0 saturated carbocycles. The Labute approximate surface area is 167 Å². The van der Waals surface area contributed by atoms with Gasteiger partial charge >= 0.3 is 0 Å². The van der Waals surface area contributed by atoms with Gasteiger partial charge in [-0.1, -0.05) is 36.0 Å². The first-order valence-corrected chi connectivity index (χ1v) is 9.84. The molecule has 0 bridgehead atoms. The molecule has 4 aromatic rings. The number of nitrogens with one attached hydrogen (secondary N) is 1. The minimum absolute atomic E-state index is 0.0736. The van der Waals surface area contributed by atoms with Crippen LogP contribution in [0.5, 0.6) is 0 Å². The Kier molecular flexibility index (Phi) is 5.08. The van der Waals surface area contributed by atoms with Gasteiger partial charge in [0.15, 0.2) is 5.65 Å². The zero-order valence-corrected chi connectivity index (χ0v) is 16.4. The van der Waals surface area contributed by atoms with Crippen LogP contribution in [0.1, 0.15) is 11.1 Å². The zero-order valence-electron chi connectivity index (χ0n) is 15.6. The molecule has 0 radical (unpaired) electrons. The molecule has 0 saturated heterocycles. The van der Waals surface area contributed by atoms with Crippen molar-refractivity contribution in [2.75, 3.05) is 11.1 Å². The van der Waals surface area contributed by atoms with Gasteiger partial charge in [0, 0.05) is 5.69 Å². The average Bonchev–Trinajstić information content (AvgIpc) is 3.15. The number of carbonyl (C=O) groups is 1. The van der Waals surface area contributed by atoms with Crippen molar-refractivity contribution in [3.8, 4) is 5.69 Å². The Balaban J connectivity index is 1.50. The summed E-state index contributed by atoms with van der Waals surface area (Å²) in [5.41, 5.74) is 4.80. The van der Waals surface area contributed by atoms with Crippen molar-refractivity contribution in [1.29, 1.82) is 0 Å². The predicted octanol–water partition coefficient (Wildman–Crippen LogP) is 4.16. The van der Waals surface area contributed by atoms with Crippen molar-refractivity contribution in [2.45, 2.75) is 18.9 Å². The zero-order chi connectivity index (χ0) is 19.5. The average molecular weight is 389 g/mol. The van der Waals surface area contributed by atoms with E-state index in [0.29, 0.717) is 0 Å². The summed E-state index contributed by atoms with van der Waals surface area (Å²) in [4.78, 5) is 21.1. The number of fused-ring (bicyclic) bond motifs is 1. The van der Waals surface area contributed by atoms with Crippen LogP contribution in [-0.2, 0) is 4.79 Å². The van der Waals surface area contributed by atoms with Gasteiger partial charge in [0.05, 0.1) is 23.0 Å². The van der Waals surface area contributed by atoms with E-state index < -0.39 is 0 Å². The molecule has 2 heterocycles. The first-order chi connectivity index (χ1) is 13.6. The minimum Gasteiger partial charge on any atom is -0.325 e. The predicted molar refractivity (Wildman–Crippen MR) is 112 cm³/mol. The quantitative estimate of drug-likeness (QED) is 0.410. The van der Waals surface area contributed by atoms with Gasteiger partial charge in [0.1, 0.15) is 11.4 Å². The molecule has 0 unspecified atom stereocenters. The van der Waals surface area contributed by atoms with Crippen LogP contribution in [0.4, 0.5) is 5.69 Å². The van der Waals surface area contributed by atoms with Gasteiger partial charge in [-0.2, -0.15) is 5.10 Å². The summed E-state index contributed by atoms with van der Waals surface area (Å²) in [7, 11) is 0. The van der Waals surface area contributed by atoms with Gasteiger partial charge in [0.25, 0.3) is 0 Å². The lowest BCUT2D eigenvalue weighted by Crippen LogP contribution is -2.14. The van der Waals surface area contributed by atoms with E-state index in [1.54, 1.807) is 10.9 Å². The number of amides is 1. The smallest absolute Gasteiger partial charge is 0.234 e. The number of benzene rings is 2. The fourth-order valence-electron chi connectivity index (χ4n) is 2.85. The molecular formula is C21H19N5OS. The Morgan fingerprint density at radius 2 is 1.89 bits per heavy atom. The van der Waals surface area contributed by atoms with Crippen molar-refractivity contribution < 1.29 is 4.79 Å². The summed E-state index contributed by atoms with van der Waals surface area (Å²) in [5, 5.41) is 8.94. The topological polar surface area (TPSA) is 72.7 Å². The van der Waals surface area contributed by atoms with Crippen LogP contribution in [0.25, 0.3) is 16.7 Å². The number of aryl methyl sites for hydroxylation is 2. The fraction of sp³-hybridized carbons (Fsp3) is 0.143. The number of carbonyl (C=O) groups excluding carboxylic acids is 1. The van der Waals surface area contributed by atoms with E-state index in [2.05, 4.69) is 20.4 Å². The van der Waals surface area contributed by atoms with E-state index in [1.807, 2.05) is 62.4 Å². The molecule has 140 valence electrons. The maximum absolute atomic E-state index is 12.3. The van der Waals surface area contributed by atoms with Gasteiger partial charge in [-0.15, -0.1) is 0 Å². The lowest BCUT2D eigenvalue weighted by atomic mass is 10.1. The maximum Gasteiger partial charge on any atom is 0.234 e. The lowest BCUT2D eigenvalue weighted by molar-refractivity contribution is -0.113. The third kappa shape index (κ3) is 3.75. The first kappa shape index (κ1) is 18.2. The van der Waals surface area contributed by atoms with Crippen LogP contribution in [0.2, 0.25) is 0 Å². The molecule has 7 heteroatoms. The third-order valence-electron chi connectivity index (χ3n) is 4.46. The van der Waals surface area contributed by atoms with Crippen molar-refractivity contribution >= 4 is 34.4 Å². The molecule has 0 spiro atoms. The number of thioether (sulfide) groups is 1. The van der Waals surface area contributed by atoms with Crippen LogP contribution in [-0.4, -0.2) is 31.4 Å². The van der Waals surface area contributed by atoms with Gasteiger partial charge in [-0.25, -0.2) is 14.6 Å². The number of rotatable bonds is 5. The highest BCUT2D eigenvalue weighted by Crippen LogP contribution is 2.26. The van der Waals surface area contributed by atoms with Gasteiger partial charge < -0.3 is 5.32 Å². The van der Waals surface area contributed by atoms with Gasteiger partial charge in [-0.05, 0) is 49.2 Å². The minimum atomic E-state index is -0.0736. The second-order valence-electron chi connectivity index (χ2n) is 6.44. The molecule has 28 heavy (non-hydrogen) atoms. The van der Waals surface area contributed by atoms with Crippen molar-refractivity contribution in [3.63, 3.8) is 0 Å². The summed E-state index contributed by atoms with van der Waals surface area (Å²) in [5.74, 6) is 0.186. The molecule has 6 nitrogen and oxygen atoms in total. The van der Waals surface area contributed by atoms with Crippen LogP contribution in [0.3, 0.4) is 0 Å². The molecule has 1 N–H and O–H groups in total. The van der Waals surface area contributed by atoms with Gasteiger partial charge in [0.2, 0.25) is 5.91 Å². The molecule has 1 amide bonds. The molecule has 0 fully saturated rings. The van der Waals surface area contributed by atoms with Crippen molar-refractivity contribution in [1.82, 2.24) is 19.7 Å². The van der Waals surface area contributed by atoms with E-state index >= 15 is 0 Å². The summed E-state index contributed by atoms with van der Waals surface area (Å²) in [6, 6.07) is 15.7. The van der Waals surface area contributed by atoms with E-state index in [1.165, 1.54) is 23.7 Å². The number of hydrogen-bond donors (Lipinski definition) is 1. The van der Waals surface area contributed by atoms with Crippen LogP contribution in [0.15, 0.2) is 66.1 Å². The highest BCUT2D eigenvalue weighted by Gasteiger charge is 2.13. The normalized spacial score (nSPS) is 10.9. The summed E-state index contributed by atoms with van der Waals surface area (Å²) in [6.45, 7) is 4.08. The Morgan fingerprint density at radius 3 is 2.68 bits per heavy atom. The van der Waals surface area contributed by atoms with Crippen molar-refractivity contribution in [2.24, 2.45) is 0 Å². The highest BCUT2D eigenvalue weighted by molar-refractivity contribution is 8.00. The molecule has 0 aliphatic heterocycles.